The van der Waals surface area contributed by atoms with Gasteiger partial charge in [0.2, 0.25) is 5.91 Å². The van der Waals surface area contributed by atoms with E-state index >= 15 is 0 Å². The van der Waals surface area contributed by atoms with Gasteiger partial charge in [0.1, 0.15) is 5.15 Å². The fraction of sp³-hybridized carbons (Fsp3) is 0.143. The van der Waals surface area contributed by atoms with Crippen LogP contribution in [-0.2, 0) is 11.2 Å². The molecule has 1 amide bonds. The van der Waals surface area contributed by atoms with E-state index in [9.17, 15) is 4.79 Å². The zero-order valence-corrected chi connectivity index (χ0v) is 14.3. The SMILES string of the molecule is Cc1cc(Cl)c(CC(=O)Nc2cccc(I)c2)c(Cl)n1. The molecule has 1 heterocycles. The topological polar surface area (TPSA) is 42.0 Å². The number of aryl methyl sites for hydroxylation is 1. The predicted molar refractivity (Wildman–Crippen MR) is 90.5 cm³/mol. The molecule has 1 aromatic heterocycles. The summed E-state index contributed by atoms with van der Waals surface area (Å²) in [7, 11) is 0. The third kappa shape index (κ3) is 4.07. The average molecular weight is 421 g/mol. The minimum Gasteiger partial charge on any atom is -0.326 e. The molecule has 0 aliphatic carbocycles. The molecule has 0 saturated carbocycles. The smallest absolute Gasteiger partial charge is 0.228 e. The maximum atomic E-state index is 12.0. The van der Waals surface area contributed by atoms with Crippen LogP contribution in [0.3, 0.4) is 0 Å². The normalized spacial score (nSPS) is 10.4. The lowest BCUT2D eigenvalue weighted by Crippen LogP contribution is -2.15. The van der Waals surface area contributed by atoms with Gasteiger partial charge in [-0.1, -0.05) is 29.3 Å². The maximum Gasteiger partial charge on any atom is 0.228 e. The van der Waals surface area contributed by atoms with Crippen LogP contribution in [0.15, 0.2) is 30.3 Å². The van der Waals surface area contributed by atoms with Crippen molar-refractivity contribution in [1.82, 2.24) is 4.98 Å². The van der Waals surface area contributed by atoms with Crippen molar-refractivity contribution in [2.75, 3.05) is 5.32 Å². The van der Waals surface area contributed by atoms with Gasteiger partial charge >= 0.3 is 0 Å². The van der Waals surface area contributed by atoms with Gasteiger partial charge in [0, 0.05) is 25.5 Å². The lowest BCUT2D eigenvalue weighted by Gasteiger charge is -2.09. The second kappa shape index (κ2) is 6.74. The van der Waals surface area contributed by atoms with E-state index in [4.69, 9.17) is 23.2 Å². The first kappa shape index (κ1) is 15.5. The van der Waals surface area contributed by atoms with Crippen molar-refractivity contribution in [1.29, 1.82) is 0 Å². The molecular formula is C14H11Cl2IN2O. The van der Waals surface area contributed by atoms with Gasteiger partial charge in [-0.2, -0.15) is 0 Å². The number of amides is 1. The first-order valence-electron chi connectivity index (χ1n) is 5.82. The third-order valence-corrected chi connectivity index (χ3v) is 3.91. The maximum absolute atomic E-state index is 12.0. The highest BCUT2D eigenvalue weighted by Crippen LogP contribution is 2.24. The van der Waals surface area contributed by atoms with Gasteiger partial charge in [-0.15, -0.1) is 0 Å². The minimum atomic E-state index is -0.179. The Morgan fingerprint density at radius 3 is 2.75 bits per heavy atom. The number of nitrogens with one attached hydrogen (secondary N) is 1. The van der Waals surface area contributed by atoms with Crippen LogP contribution in [0.2, 0.25) is 10.2 Å². The molecule has 6 heteroatoms. The number of carbonyl (C=O) groups excluding carboxylic acids is 1. The molecule has 0 fully saturated rings. The Kier molecular flexibility index (Phi) is 5.23. The molecule has 0 unspecified atom stereocenters. The van der Waals surface area contributed by atoms with E-state index in [2.05, 4.69) is 32.9 Å². The Hall–Kier alpha value is -0.850. The Labute approximate surface area is 140 Å². The van der Waals surface area contributed by atoms with Gasteiger partial charge in [0.05, 0.1) is 6.42 Å². The molecule has 0 saturated heterocycles. The van der Waals surface area contributed by atoms with E-state index in [1.807, 2.05) is 24.3 Å². The molecule has 0 spiro atoms. The molecule has 0 aliphatic heterocycles. The number of benzene rings is 1. The van der Waals surface area contributed by atoms with Crippen LogP contribution in [0.1, 0.15) is 11.3 Å². The Morgan fingerprint density at radius 2 is 2.10 bits per heavy atom. The monoisotopic (exact) mass is 420 g/mol. The van der Waals surface area contributed by atoms with E-state index in [0.29, 0.717) is 10.6 Å². The number of nitrogens with zero attached hydrogens (tertiary/aromatic N) is 1. The summed E-state index contributed by atoms with van der Waals surface area (Å²) in [5.41, 5.74) is 2.01. The lowest BCUT2D eigenvalue weighted by atomic mass is 10.2. The van der Waals surface area contributed by atoms with E-state index in [1.54, 1.807) is 13.0 Å². The minimum absolute atomic E-state index is 0.0937. The summed E-state index contributed by atoms with van der Waals surface area (Å²) in [4.78, 5) is 16.1. The summed E-state index contributed by atoms with van der Waals surface area (Å²) in [6.45, 7) is 1.80. The first-order valence-corrected chi connectivity index (χ1v) is 7.66. The molecule has 1 N–H and O–H groups in total. The van der Waals surface area contributed by atoms with Crippen LogP contribution >= 0.6 is 45.8 Å². The number of carbonyl (C=O) groups is 1. The molecule has 2 rings (SSSR count). The summed E-state index contributed by atoms with van der Waals surface area (Å²) < 4.78 is 1.05. The highest BCUT2D eigenvalue weighted by molar-refractivity contribution is 14.1. The van der Waals surface area contributed by atoms with Crippen molar-refractivity contribution < 1.29 is 4.79 Å². The van der Waals surface area contributed by atoms with Crippen LogP contribution in [0.5, 0.6) is 0 Å². The molecule has 1 aromatic carbocycles. The van der Waals surface area contributed by atoms with E-state index in [1.165, 1.54) is 0 Å². The Morgan fingerprint density at radius 1 is 1.35 bits per heavy atom. The van der Waals surface area contributed by atoms with Crippen LogP contribution in [0, 0.1) is 10.5 Å². The quantitative estimate of drug-likeness (QED) is 0.587. The molecule has 2 aromatic rings. The van der Waals surface area contributed by atoms with Gasteiger partial charge in [0.25, 0.3) is 0 Å². The lowest BCUT2D eigenvalue weighted by molar-refractivity contribution is -0.115. The van der Waals surface area contributed by atoms with Gasteiger partial charge in [-0.05, 0) is 53.8 Å². The van der Waals surface area contributed by atoms with Crippen molar-refractivity contribution >= 4 is 57.4 Å². The zero-order valence-electron chi connectivity index (χ0n) is 10.6. The van der Waals surface area contributed by atoms with Gasteiger partial charge < -0.3 is 5.32 Å². The average Bonchev–Trinajstić information content (AvgIpc) is 2.33. The highest BCUT2D eigenvalue weighted by Gasteiger charge is 2.13. The van der Waals surface area contributed by atoms with Gasteiger partial charge in [0.15, 0.2) is 0 Å². The van der Waals surface area contributed by atoms with Gasteiger partial charge in [-0.3, -0.25) is 4.79 Å². The number of anilines is 1. The van der Waals surface area contributed by atoms with E-state index < -0.39 is 0 Å². The molecule has 0 radical (unpaired) electrons. The molecule has 104 valence electrons. The molecule has 0 bridgehead atoms. The predicted octanol–water partition coefficient (Wildman–Crippen LogP) is 4.48. The van der Waals surface area contributed by atoms with Crippen molar-refractivity contribution in [3.8, 4) is 0 Å². The van der Waals surface area contributed by atoms with Crippen molar-refractivity contribution in [3.05, 3.63) is 55.3 Å². The summed E-state index contributed by atoms with van der Waals surface area (Å²) in [5, 5.41) is 3.54. The standard InChI is InChI=1S/C14H11Cl2IN2O/c1-8-5-12(15)11(14(16)18-8)7-13(20)19-10-4-2-3-9(17)6-10/h2-6H,7H2,1H3,(H,19,20). The summed E-state index contributed by atoms with van der Waals surface area (Å²) in [6.07, 6.45) is 0.0937. The van der Waals surface area contributed by atoms with Crippen LogP contribution in [-0.4, -0.2) is 10.9 Å². The number of halogens is 3. The summed E-state index contributed by atoms with van der Waals surface area (Å²) in [6, 6.07) is 9.24. The van der Waals surface area contributed by atoms with Crippen molar-refractivity contribution in [3.63, 3.8) is 0 Å². The second-order valence-electron chi connectivity index (χ2n) is 4.25. The van der Waals surface area contributed by atoms with Crippen molar-refractivity contribution in [2.45, 2.75) is 13.3 Å². The molecule has 3 nitrogen and oxygen atoms in total. The van der Waals surface area contributed by atoms with Gasteiger partial charge in [-0.25, -0.2) is 4.98 Å². The Bertz CT molecular complexity index is 638. The fourth-order valence-electron chi connectivity index (χ4n) is 1.71. The number of rotatable bonds is 3. The third-order valence-electron chi connectivity index (χ3n) is 2.59. The largest absolute Gasteiger partial charge is 0.326 e. The molecule has 20 heavy (non-hydrogen) atoms. The van der Waals surface area contributed by atoms with E-state index in [0.717, 1.165) is 15.0 Å². The summed E-state index contributed by atoms with van der Waals surface area (Å²) in [5.74, 6) is -0.179. The van der Waals surface area contributed by atoms with E-state index in [-0.39, 0.29) is 17.5 Å². The van der Waals surface area contributed by atoms with Crippen LogP contribution in [0.4, 0.5) is 5.69 Å². The Balaban J connectivity index is 2.13. The highest BCUT2D eigenvalue weighted by atomic mass is 127. The van der Waals surface area contributed by atoms with Crippen LogP contribution in [0.25, 0.3) is 0 Å². The molecular weight excluding hydrogens is 410 g/mol. The number of aromatic nitrogens is 1. The molecule has 0 aliphatic rings. The zero-order chi connectivity index (χ0) is 14.7. The van der Waals surface area contributed by atoms with Crippen LogP contribution < -0.4 is 5.32 Å². The molecule has 0 atom stereocenters. The first-order chi connectivity index (χ1) is 9.45. The van der Waals surface area contributed by atoms with Crippen molar-refractivity contribution in [2.24, 2.45) is 0 Å². The number of pyridine rings is 1. The number of hydrogen-bond donors (Lipinski definition) is 1. The number of hydrogen-bond acceptors (Lipinski definition) is 2. The second-order valence-corrected chi connectivity index (χ2v) is 6.26. The fourth-order valence-corrected chi connectivity index (χ4v) is 2.92. The summed E-state index contributed by atoms with van der Waals surface area (Å²) >= 11 is 14.3.